The largest absolute Gasteiger partial charge is 0.444 e. The van der Waals surface area contributed by atoms with E-state index in [9.17, 15) is 4.79 Å². The van der Waals surface area contributed by atoms with Gasteiger partial charge >= 0.3 is 6.09 Å². The molecule has 1 aromatic carbocycles. The number of benzene rings is 1. The van der Waals surface area contributed by atoms with E-state index in [-0.39, 0.29) is 12.1 Å². The highest BCUT2D eigenvalue weighted by Crippen LogP contribution is 2.39. The Morgan fingerprint density at radius 3 is 2.71 bits per heavy atom. The number of piperazine rings is 1. The topological polar surface area (TPSA) is 63.5 Å². The Labute approximate surface area is 211 Å². The van der Waals surface area contributed by atoms with Gasteiger partial charge in [0.05, 0.1) is 5.39 Å². The minimum atomic E-state index is -0.510. The molecule has 0 saturated carbocycles. The number of allylic oxidation sites excluding steroid dienone is 2. The number of amides is 1. The molecule has 1 unspecified atom stereocenters. The predicted molar refractivity (Wildman–Crippen MR) is 140 cm³/mol. The summed E-state index contributed by atoms with van der Waals surface area (Å²) in [6, 6.07) is 7.91. The average Bonchev–Trinajstić information content (AvgIpc) is 3.46. The maximum Gasteiger partial charge on any atom is 0.410 e. The number of hydrogen-bond donors (Lipinski definition) is 0. The number of hydrogen-bond acceptors (Lipinski definition) is 5. The number of carbonyl (C=O) groups excluding carboxylic acids is 1. The lowest BCUT2D eigenvalue weighted by molar-refractivity contribution is 0.0218. The van der Waals surface area contributed by atoms with Crippen molar-refractivity contribution in [2.75, 3.05) is 24.5 Å². The zero-order valence-electron chi connectivity index (χ0n) is 20.8. The van der Waals surface area contributed by atoms with Crippen LogP contribution in [-0.4, -0.2) is 56.8 Å². The lowest BCUT2D eigenvalue weighted by atomic mass is 10.0. The van der Waals surface area contributed by atoms with Crippen molar-refractivity contribution in [3.05, 3.63) is 53.5 Å². The van der Waals surface area contributed by atoms with Gasteiger partial charge < -0.3 is 19.1 Å². The summed E-state index contributed by atoms with van der Waals surface area (Å²) < 4.78 is 7.72. The molecular weight excluding hydrogens is 462 g/mol. The van der Waals surface area contributed by atoms with E-state index in [2.05, 4.69) is 28.7 Å². The Morgan fingerprint density at radius 2 is 2.03 bits per heavy atom. The number of rotatable bonds is 3. The van der Waals surface area contributed by atoms with E-state index >= 15 is 0 Å². The maximum atomic E-state index is 12.7. The average molecular weight is 494 g/mol. The van der Waals surface area contributed by atoms with Crippen LogP contribution < -0.4 is 4.90 Å². The molecule has 1 aliphatic carbocycles. The van der Waals surface area contributed by atoms with Crippen LogP contribution in [0.4, 0.5) is 10.6 Å². The monoisotopic (exact) mass is 493 g/mol. The minimum Gasteiger partial charge on any atom is -0.444 e. The first kappa shape index (κ1) is 23.7. The summed E-state index contributed by atoms with van der Waals surface area (Å²) >= 11 is 6.32. The van der Waals surface area contributed by atoms with E-state index in [0.717, 1.165) is 41.8 Å². The SMILES string of the molecule is CC1CN(C(=O)OC(C)(C)C)CCN1c1ncnc2c1c(C1=CCCC1)cn2-c1cccc(Cl)c1. The molecule has 1 saturated heterocycles. The molecule has 0 N–H and O–H groups in total. The van der Waals surface area contributed by atoms with Gasteiger partial charge in [-0.05, 0) is 70.7 Å². The molecule has 3 aromatic rings. The van der Waals surface area contributed by atoms with Gasteiger partial charge in [-0.3, -0.25) is 0 Å². The quantitative estimate of drug-likeness (QED) is 0.442. The van der Waals surface area contributed by atoms with Crippen molar-refractivity contribution < 1.29 is 9.53 Å². The van der Waals surface area contributed by atoms with Crippen molar-refractivity contribution in [3.8, 4) is 5.69 Å². The molecule has 0 radical (unpaired) electrons. The summed E-state index contributed by atoms with van der Waals surface area (Å²) in [7, 11) is 0. The van der Waals surface area contributed by atoms with E-state index in [1.54, 1.807) is 11.2 Å². The van der Waals surface area contributed by atoms with Crippen LogP contribution in [0, 0.1) is 0 Å². The van der Waals surface area contributed by atoms with Crippen molar-refractivity contribution in [3.63, 3.8) is 0 Å². The lowest BCUT2D eigenvalue weighted by Crippen LogP contribution is -2.54. The van der Waals surface area contributed by atoms with E-state index in [4.69, 9.17) is 26.3 Å². The van der Waals surface area contributed by atoms with Gasteiger partial charge in [0.1, 0.15) is 17.7 Å². The smallest absolute Gasteiger partial charge is 0.410 e. The second-order valence-corrected chi connectivity index (χ2v) is 10.8. The molecule has 2 aliphatic rings. The minimum absolute atomic E-state index is 0.0781. The molecule has 1 fully saturated rings. The second-order valence-electron chi connectivity index (χ2n) is 10.4. The Hall–Kier alpha value is -3.06. The first-order chi connectivity index (χ1) is 16.7. The van der Waals surface area contributed by atoms with Gasteiger partial charge in [-0.1, -0.05) is 23.7 Å². The third-order valence-corrected chi connectivity index (χ3v) is 6.82. The first-order valence-corrected chi connectivity index (χ1v) is 12.6. The van der Waals surface area contributed by atoms with Crippen LogP contribution in [0.1, 0.15) is 52.5 Å². The fraction of sp³-hybridized carbons (Fsp3) is 0.444. The van der Waals surface area contributed by atoms with E-state index in [1.807, 2.05) is 45.0 Å². The van der Waals surface area contributed by atoms with Gasteiger partial charge in [0.25, 0.3) is 0 Å². The molecule has 1 aliphatic heterocycles. The van der Waals surface area contributed by atoms with Crippen molar-refractivity contribution in [2.24, 2.45) is 0 Å². The molecule has 8 heteroatoms. The fourth-order valence-electron chi connectivity index (χ4n) is 5.01. The zero-order chi connectivity index (χ0) is 24.7. The molecule has 2 aromatic heterocycles. The molecule has 35 heavy (non-hydrogen) atoms. The highest BCUT2D eigenvalue weighted by molar-refractivity contribution is 6.30. The summed E-state index contributed by atoms with van der Waals surface area (Å²) in [4.78, 5) is 26.3. The van der Waals surface area contributed by atoms with Gasteiger partial charge in [-0.15, -0.1) is 0 Å². The Balaban J connectivity index is 1.54. The molecule has 0 spiro atoms. The summed E-state index contributed by atoms with van der Waals surface area (Å²) in [6.45, 7) is 9.65. The highest BCUT2D eigenvalue weighted by Gasteiger charge is 2.32. The van der Waals surface area contributed by atoms with Crippen LogP contribution in [0.15, 0.2) is 42.9 Å². The van der Waals surface area contributed by atoms with Crippen LogP contribution in [-0.2, 0) is 4.74 Å². The van der Waals surface area contributed by atoms with Gasteiger partial charge in [0.2, 0.25) is 0 Å². The second kappa shape index (κ2) is 9.19. The van der Waals surface area contributed by atoms with Crippen LogP contribution in [0.2, 0.25) is 5.02 Å². The molecule has 7 nitrogen and oxygen atoms in total. The molecule has 184 valence electrons. The maximum absolute atomic E-state index is 12.7. The molecule has 0 bridgehead atoms. The summed E-state index contributed by atoms with van der Waals surface area (Å²) in [5.74, 6) is 0.912. The number of ether oxygens (including phenoxy) is 1. The van der Waals surface area contributed by atoms with Crippen LogP contribution in [0.25, 0.3) is 22.3 Å². The third kappa shape index (κ3) is 4.74. The van der Waals surface area contributed by atoms with Crippen LogP contribution in [0.5, 0.6) is 0 Å². The number of halogens is 1. The van der Waals surface area contributed by atoms with E-state index in [1.165, 1.54) is 11.1 Å². The van der Waals surface area contributed by atoms with Crippen molar-refractivity contribution in [1.82, 2.24) is 19.4 Å². The number of fused-ring (bicyclic) bond motifs is 1. The van der Waals surface area contributed by atoms with Gasteiger partial charge in [0, 0.05) is 48.1 Å². The van der Waals surface area contributed by atoms with E-state index < -0.39 is 5.60 Å². The predicted octanol–water partition coefficient (Wildman–Crippen LogP) is 6.09. The van der Waals surface area contributed by atoms with E-state index in [0.29, 0.717) is 24.7 Å². The molecule has 3 heterocycles. The summed E-state index contributed by atoms with van der Waals surface area (Å²) in [5, 5.41) is 1.74. The highest BCUT2D eigenvalue weighted by atomic mass is 35.5. The molecule has 1 amide bonds. The lowest BCUT2D eigenvalue weighted by Gasteiger charge is -2.41. The van der Waals surface area contributed by atoms with Crippen molar-refractivity contribution >= 4 is 40.1 Å². The van der Waals surface area contributed by atoms with Gasteiger partial charge in [-0.2, -0.15) is 0 Å². The molecule has 1 atom stereocenters. The van der Waals surface area contributed by atoms with Crippen molar-refractivity contribution in [2.45, 2.75) is 58.6 Å². The Kier molecular flexibility index (Phi) is 6.21. The van der Waals surface area contributed by atoms with Crippen LogP contribution in [0.3, 0.4) is 0 Å². The van der Waals surface area contributed by atoms with Crippen LogP contribution >= 0.6 is 11.6 Å². The first-order valence-electron chi connectivity index (χ1n) is 12.3. The number of carbonyl (C=O) groups is 1. The van der Waals surface area contributed by atoms with Gasteiger partial charge in [0.15, 0.2) is 5.65 Å². The fourth-order valence-corrected chi connectivity index (χ4v) is 5.19. The molecular formula is C27H32ClN5O2. The Bertz CT molecular complexity index is 1290. The number of anilines is 1. The standard InChI is InChI=1S/C27H32ClN5O2/c1-18-15-31(26(34)35-27(2,3)4)12-13-32(18)24-23-22(19-8-5-6-9-19)16-33(25(23)30-17-29-24)21-11-7-10-20(28)14-21/h7-8,10-11,14,16-18H,5-6,9,12-13,15H2,1-4H3. The van der Waals surface area contributed by atoms with Gasteiger partial charge in [-0.25, -0.2) is 14.8 Å². The summed E-state index contributed by atoms with van der Waals surface area (Å²) in [6.07, 6.45) is 9.18. The number of aromatic nitrogens is 3. The van der Waals surface area contributed by atoms with Crippen molar-refractivity contribution in [1.29, 1.82) is 0 Å². The Morgan fingerprint density at radius 1 is 1.20 bits per heavy atom. The number of nitrogens with zero attached hydrogens (tertiary/aromatic N) is 5. The third-order valence-electron chi connectivity index (χ3n) is 6.59. The molecule has 5 rings (SSSR count). The normalized spacial score (nSPS) is 18.8. The zero-order valence-corrected chi connectivity index (χ0v) is 21.5. The summed E-state index contributed by atoms with van der Waals surface area (Å²) in [5.41, 5.74) is 3.84.